The van der Waals surface area contributed by atoms with Crippen LogP contribution in [0.2, 0.25) is 0 Å². The Morgan fingerprint density at radius 3 is 2.50 bits per heavy atom. The Morgan fingerprint density at radius 2 is 1.90 bits per heavy atom. The Balaban J connectivity index is 1.79. The second kappa shape index (κ2) is 5.12. The van der Waals surface area contributed by atoms with Crippen molar-refractivity contribution in [2.24, 2.45) is 11.8 Å². The molecule has 2 aliphatic carbocycles. The average Bonchev–Trinajstić information content (AvgIpc) is 3.26. The maximum absolute atomic E-state index is 11.9. The lowest BCUT2D eigenvalue weighted by Gasteiger charge is -2.39. The molecule has 2 atom stereocenters. The molecule has 0 aliphatic heterocycles. The number of nitrogens with one attached hydrogen (secondary N) is 1. The Bertz CT molecular complexity index is 492. The molecule has 3 nitrogen and oxygen atoms in total. The summed E-state index contributed by atoms with van der Waals surface area (Å²) in [5, 5.41) is 13.1. The molecule has 3 heteroatoms. The predicted octanol–water partition coefficient (Wildman–Crippen LogP) is 3.83. The molecule has 0 radical (unpaired) electrons. The second-order valence-corrected chi connectivity index (χ2v) is 6.57. The maximum atomic E-state index is 11.9. The summed E-state index contributed by atoms with van der Waals surface area (Å²) < 4.78 is 0. The van der Waals surface area contributed by atoms with Crippen molar-refractivity contribution in [1.29, 1.82) is 0 Å². The van der Waals surface area contributed by atoms with Gasteiger partial charge in [-0.2, -0.15) is 0 Å². The molecule has 0 bridgehead atoms. The fourth-order valence-electron chi connectivity index (χ4n) is 3.56. The Labute approximate surface area is 120 Å². The quantitative estimate of drug-likeness (QED) is 0.876. The lowest BCUT2D eigenvalue weighted by molar-refractivity contribution is -0.144. The first kappa shape index (κ1) is 13.5. The molecule has 2 N–H and O–H groups in total. The fraction of sp³-hybridized carbons (Fsp3) is 0.588. The molecule has 20 heavy (non-hydrogen) atoms. The van der Waals surface area contributed by atoms with Gasteiger partial charge >= 0.3 is 5.97 Å². The van der Waals surface area contributed by atoms with Crippen LogP contribution in [-0.4, -0.2) is 16.6 Å². The summed E-state index contributed by atoms with van der Waals surface area (Å²) in [5.74, 6) is 0.690. The number of anilines is 1. The van der Waals surface area contributed by atoms with E-state index in [9.17, 15) is 9.90 Å². The molecular weight excluding hydrogens is 250 g/mol. The Hall–Kier alpha value is -1.51. The summed E-state index contributed by atoms with van der Waals surface area (Å²) in [7, 11) is 0. The first-order chi connectivity index (χ1) is 9.59. The van der Waals surface area contributed by atoms with Crippen LogP contribution < -0.4 is 5.32 Å². The molecule has 2 saturated carbocycles. The van der Waals surface area contributed by atoms with E-state index in [2.05, 4.69) is 5.32 Å². The molecule has 108 valence electrons. The molecule has 0 heterocycles. The van der Waals surface area contributed by atoms with Gasteiger partial charge in [-0.25, -0.2) is 4.79 Å². The van der Waals surface area contributed by atoms with Gasteiger partial charge in [0.1, 0.15) is 5.54 Å². The zero-order chi connectivity index (χ0) is 14.2. The molecule has 2 aliphatic rings. The summed E-state index contributed by atoms with van der Waals surface area (Å²) in [6, 6.07) is 8.03. The van der Waals surface area contributed by atoms with Crippen molar-refractivity contribution < 1.29 is 9.90 Å². The average molecular weight is 273 g/mol. The Morgan fingerprint density at radius 1 is 1.20 bits per heavy atom. The van der Waals surface area contributed by atoms with Crippen LogP contribution in [0.4, 0.5) is 5.69 Å². The SMILES string of the molecule is Cc1ccc(NC2(C(=O)O)CCCC(C3CC3)C2)cc1. The maximum Gasteiger partial charge on any atom is 0.329 e. The standard InChI is InChI=1S/C17H23NO2/c1-12-4-8-15(9-5-12)18-17(16(19)20)10-2-3-14(11-17)13-6-7-13/h4-5,8-9,13-14,18H,2-3,6-7,10-11H2,1H3,(H,19,20). The molecule has 0 saturated heterocycles. The summed E-state index contributed by atoms with van der Waals surface area (Å²) in [4.78, 5) is 11.9. The van der Waals surface area contributed by atoms with Gasteiger partial charge in [0.25, 0.3) is 0 Å². The van der Waals surface area contributed by atoms with Crippen molar-refractivity contribution in [1.82, 2.24) is 0 Å². The van der Waals surface area contributed by atoms with Gasteiger partial charge in [0.15, 0.2) is 0 Å². The topological polar surface area (TPSA) is 49.3 Å². The monoisotopic (exact) mass is 273 g/mol. The van der Waals surface area contributed by atoms with E-state index >= 15 is 0 Å². The molecule has 2 unspecified atom stereocenters. The largest absolute Gasteiger partial charge is 0.480 e. The highest BCUT2D eigenvalue weighted by atomic mass is 16.4. The molecule has 0 spiro atoms. The number of aliphatic carboxylic acids is 1. The number of carboxylic acids is 1. The van der Waals surface area contributed by atoms with Crippen LogP contribution in [0.15, 0.2) is 24.3 Å². The highest BCUT2D eigenvalue weighted by molar-refractivity contribution is 5.83. The minimum absolute atomic E-state index is 0.595. The van der Waals surface area contributed by atoms with Crippen LogP contribution in [0, 0.1) is 18.8 Å². The van der Waals surface area contributed by atoms with E-state index in [1.807, 2.05) is 31.2 Å². The second-order valence-electron chi connectivity index (χ2n) is 6.57. The van der Waals surface area contributed by atoms with Gasteiger partial charge in [0, 0.05) is 5.69 Å². The van der Waals surface area contributed by atoms with Crippen molar-refractivity contribution in [2.75, 3.05) is 5.32 Å². The first-order valence-electron chi connectivity index (χ1n) is 7.67. The van der Waals surface area contributed by atoms with Crippen LogP contribution >= 0.6 is 0 Å². The van der Waals surface area contributed by atoms with Crippen LogP contribution in [0.1, 0.15) is 44.1 Å². The summed E-state index contributed by atoms with van der Waals surface area (Å²) >= 11 is 0. The van der Waals surface area contributed by atoms with E-state index in [0.717, 1.165) is 30.9 Å². The number of hydrogen-bond acceptors (Lipinski definition) is 2. The van der Waals surface area contributed by atoms with Gasteiger partial charge in [0.05, 0.1) is 0 Å². The molecule has 3 rings (SSSR count). The smallest absolute Gasteiger partial charge is 0.329 e. The number of rotatable bonds is 4. The van der Waals surface area contributed by atoms with E-state index in [1.54, 1.807) is 0 Å². The number of aryl methyl sites for hydroxylation is 1. The zero-order valence-electron chi connectivity index (χ0n) is 12.1. The predicted molar refractivity (Wildman–Crippen MR) is 79.9 cm³/mol. The van der Waals surface area contributed by atoms with Crippen LogP contribution in [0.5, 0.6) is 0 Å². The van der Waals surface area contributed by atoms with Crippen LogP contribution in [0.25, 0.3) is 0 Å². The van der Waals surface area contributed by atoms with E-state index in [-0.39, 0.29) is 0 Å². The fourth-order valence-corrected chi connectivity index (χ4v) is 3.56. The van der Waals surface area contributed by atoms with Gasteiger partial charge < -0.3 is 10.4 Å². The number of benzene rings is 1. The molecule has 1 aromatic carbocycles. The minimum Gasteiger partial charge on any atom is -0.480 e. The first-order valence-corrected chi connectivity index (χ1v) is 7.67. The normalized spacial score (nSPS) is 29.9. The van der Waals surface area contributed by atoms with Crippen molar-refractivity contribution in [3.8, 4) is 0 Å². The third-order valence-electron chi connectivity index (χ3n) is 4.92. The van der Waals surface area contributed by atoms with E-state index < -0.39 is 11.5 Å². The number of hydrogen-bond donors (Lipinski definition) is 2. The van der Waals surface area contributed by atoms with Crippen LogP contribution in [0.3, 0.4) is 0 Å². The van der Waals surface area contributed by atoms with Gasteiger partial charge in [-0.3, -0.25) is 0 Å². The highest BCUT2D eigenvalue weighted by Crippen LogP contribution is 2.47. The molecule has 2 fully saturated rings. The van der Waals surface area contributed by atoms with Gasteiger partial charge in [0.2, 0.25) is 0 Å². The lowest BCUT2D eigenvalue weighted by atomic mass is 9.73. The van der Waals surface area contributed by atoms with Gasteiger partial charge in [-0.05, 0) is 63.0 Å². The third-order valence-corrected chi connectivity index (χ3v) is 4.92. The van der Waals surface area contributed by atoms with Crippen molar-refractivity contribution in [2.45, 2.75) is 51.0 Å². The van der Waals surface area contributed by atoms with Crippen LogP contribution in [-0.2, 0) is 4.79 Å². The van der Waals surface area contributed by atoms with E-state index in [1.165, 1.54) is 24.8 Å². The third kappa shape index (κ3) is 2.67. The van der Waals surface area contributed by atoms with Gasteiger partial charge in [-0.15, -0.1) is 0 Å². The van der Waals surface area contributed by atoms with E-state index in [4.69, 9.17) is 0 Å². The zero-order valence-corrected chi connectivity index (χ0v) is 12.1. The molecular formula is C17H23NO2. The van der Waals surface area contributed by atoms with E-state index in [0.29, 0.717) is 5.92 Å². The lowest BCUT2D eigenvalue weighted by Crippen LogP contribution is -2.50. The number of carboxylic acid groups (broad SMARTS) is 1. The highest BCUT2D eigenvalue weighted by Gasteiger charge is 2.46. The van der Waals surface area contributed by atoms with Crippen molar-refractivity contribution in [3.63, 3.8) is 0 Å². The van der Waals surface area contributed by atoms with Crippen molar-refractivity contribution in [3.05, 3.63) is 29.8 Å². The molecule has 0 aromatic heterocycles. The summed E-state index contributed by atoms with van der Waals surface area (Å²) in [6.45, 7) is 2.04. The number of carbonyl (C=O) groups is 1. The minimum atomic E-state index is -0.763. The van der Waals surface area contributed by atoms with Crippen molar-refractivity contribution >= 4 is 11.7 Å². The molecule has 1 aromatic rings. The Kier molecular flexibility index (Phi) is 3.45. The molecule has 0 amide bonds. The van der Waals surface area contributed by atoms with Gasteiger partial charge in [-0.1, -0.05) is 24.1 Å². The summed E-state index contributed by atoms with van der Waals surface area (Å²) in [5.41, 5.74) is 1.36. The summed E-state index contributed by atoms with van der Waals surface area (Å²) in [6.07, 6.45) is 6.33.